The second-order valence-corrected chi connectivity index (χ2v) is 8.50. The topological polar surface area (TPSA) is 92.8 Å². The van der Waals surface area contributed by atoms with Crippen molar-refractivity contribution in [2.45, 2.75) is 11.8 Å². The predicted molar refractivity (Wildman–Crippen MR) is 118 cm³/mol. The molecule has 0 spiro atoms. The molecule has 3 aromatic rings. The van der Waals surface area contributed by atoms with E-state index in [9.17, 15) is 22.4 Å². The third-order valence-corrected chi connectivity index (χ3v) is 6.37. The van der Waals surface area contributed by atoms with Gasteiger partial charge in [0.25, 0.3) is 15.9 Å². The molecule has 166 valence electrons. The van der Waals surface area contributed by atoms with Gasteiger partial charge in [0.2, 0.25) is 0 Å². The molecule has 0 fully saturated rings. The lowest BCUT2D eigenvalue weighted by atomic mass is 10.2. The molecular formula is C23H21FN2O5S. The average molecular weight is 456 g/mol. The Labute approximate surface area is 185 Å². The molecule has 0 aliphatic rings. The standard InChI is InChI=1S/C23H21FN2O5S/c1-2-26(18-10-4-3-5-11-18)32(29,30)19-12-8-9-17(15-19)23(28)31-16-22(27)25-21-14-7-6-13-20(21)24/h3-15H,2,16H2,1H3,(H,25,27). The zero-order valence-electron chi connectivity index (χ0n) is 17.2. The lowest BCUT2D eigenvalue weighted by molar-refractivity contribution is -0.119. The number of sulfonamides is 1. The minimum absolute atomic E-state index is 0.0334. The summed E-state index contributed by atoms with van der Waals surface area (Å²) in [5.41, 5.74) is 0.420. The van der Waals surface area contributed by atoms with Crippen LogP contribution in [0.15, 0.2) is 83.8 Å². The number of carbonyl (C=O) groups excluding carboxylic acids is 2. The van der Waals surface area contributed by atoms with Crippen LogP contribution in [0.25, 0.3) is 0 Å². The van der Waals surface area contributed by atoms with E-state index in [-0.39, 0.29) is 22.7 Å². The zero-order valence-corrected chi connectivity index (χ0v) is 18.0. The summed E-state index contributed by atoms with van der Waals surface area (Å²) in [7, 11) is -3.93. The summed E-state index contributed by atoms with van der Waals surface area (Å²) in [6.45, 7) is 1.24. The van der Waals surface area contributed by atoms with Crippen LogP contribution in [-0.4, -0.2) is 33.4 Å². The Morgan fingerprint density at radius 2 is 1.66 bits per heavy atom. The van der Waals surface area contributed by atoms with Gasteiger partial charge in [-0.05, 0) is 49.4 Å². The van der Waals surface area contributed by atoms with Crippen molar-refractivity contribution in [3.05, 3.63) is 90.2 Å². The fourth-order valence-corrected chi connectivity index (χ4v) is 4.48. The fourth-order valence-electron chi connectivity index (χ4n) is 2.96. The lowest BCUT2D eigenvalue weighted by Crippen LogP contribution is -2.30. The normalized spacial score (nSPS) is 10.9. The SMILES string of the molecule is CCN(c1ccccc1)S(=O)(=O)c1cccc(C(=O)OCC(=O)Nc2ccccc2F)c1. The molecule has 1 N–H and O–H groups in total. The van der Waals surface area contributed by atoms with Crippen LogP contribution in [0.5, 0.6) is 0 Å². The maximum absolute atomic E-state index is 13.6. The Hall–Kier alpha value is -3.72. The highest BCUT2D eigenvalue weighted by Crippen LogP contribution is 2.24. The zero-order chi connectivity index (χ0) is 23.1. The van der Waals surface area contributed by atoms with Crippen molar-refractivity contribution in [1.82, 2.24) is 0 Å². The van der Waals surface area contributed by atoms with Gasteiger partial charge in [0.1, 0.15) is 5.82 Å². The summed E-state index contributed by atoms with van der Waals surface area (Å²) in [5.74, 6) is -2.23. The van der Waals surface area contributed by atoms with Gasteiger partial charge in [-0.25, -0.2) is 17.6 Å². The van der Waals surface area contributed by atoms with Gasteiger partial charge in [-0.1, -0.05) is 36.4 Å². The summed E-state index contributed by atoms with van der Waals surface area (Å²) >= 11 is 0. The molecule has 1 amide bonds. The highest BCUT2D eigenvalue weighted by Gasteiger charge is 2.24. The number of amides is 1. The molecule has 0 saturated carbocycles. The van der Waals surface area contributed by atoms with Crippen LogP contribution >= 0.6 is 0 Å². The van der Waals surface area contributed by atoms with Crippen LogP contribution in [0, 0.1) is 5.82 Å². The number of para-hydroxylation sites is 2. The Morgan fingerprint density at radius 3 is 2.34 bits per heavy atom. The summed E-state index contributed by atoms with van der Waals surface area (Å²) in [5, 5.41) is 2.30. The van der Waals surface area contributed by atoms with E-state index in [0.29, 0.717) is 5.69 Å². The van der Waals surface area contributed by atoms with Gasteiger partial charge in [0.15, 0.2) is 6.61 Å². The van der Waals surface area contributed by atoms with E-state index >= 15 is 0 Å². The number of rotatable bonds is 8. The van der Waals surface area contributed by atoms with E-state index in [2.05, 4.69) is 5.32 Å². The molecule has 7 nitrogen and oxygen atoms in total. The molecule has 0 aromatic heterocycles. The summed E-state index contributed by atoms with van der Waals surface area (Å²) < 4.78 is 46.0. The molecule has 0 aliphatic carbocycles. The van der Waals surface area contributed by atoms with Crippen molar-refractivity contribution in [3.8, 4) is 0 Å². The number of carbonyl (C=O) groups is 2. The highest BCUT2D eigenvalue weighted by atomic mass is 32.2. The van der Waals surface area contributed by atoms with Crippen molar-refractivity contribution in [2.75, 3.05) is 22.8 Å². The fraction of sp³-hybridized carbons (Fsp3) is 0.130. The third-order valence-electron chi connectivity index (χ3n) is 4.47. The van der Waals surface area contributed by atoms with Crippen LogP contribution in [0.1, 0.15) is 17.3 Å². The van der Waals surface area contributed by atoms with E-state index in [1.54, 1.807) is 43.3 Å². The van der Waals surface area contributed by atoms with E-state index in [1.165, 1.54) is 46.8 Å². The molecule has 0 aliphatic heterocycles. The van der Waals surface area contributed by atoms with E-state index < -0.39 is 34.3 Å². The monoisotopic (exact) mass is 456 g/mol. The van der Waals surface area contributed by atoms with Gasteiger partial charge in [-0.15, -0.1) is 0 Å². The molecule has 9 heteroatoms. The van der Waals surface area contributed by atoms with Crippen molar-refractivity contribution in [2.24, 2.45) is 0 Å². The molecule has 0 bridgehead atoms. The van der Waals surface area contributed by atoms with Gasteiger partial charge in [-0.2, -0.15) is 0 Å². The van der Waals surface area contributed by atoms with Crippen molar-refractivity contribution in [3.63, 3.8) is 0 Å². The van der Waals surface area contributed by atoms with Gasteiger partial charge < -0.3 is 10.1 Å². The van der Waals surface area contributed by atoms with Crippen molar-refractivity contribution < 1.29 is 27.1 Å². The van der Waals surface area contributed by atoms with E-state index in [1.807, 2.05) is 0 Å². The number of nitrogens with one attached hydrogen (secondary N) is 1. The minimum atomic E-state index is -3.93. The van der Waals surface area contributed by atoms with Crippen molar-refractivity contribution in [1.29, 1.82) is 0 Å². The number of benzene rings is 3. The Bertz CT molecular complexity index is 1220. The molecule has 0 unspecified atom stereocenters. The first-order valence-electron chi connectivity index (χ1n) is 9.72. The minimum Gasteiger partial charge on any atom is -0.452 e. The number of hydrogen-bond donors (Lipinski definition) is 1. The molecule has 0 heterocycles. The highest BCUT2D eigenvalue weighted by molar-refractivity contribution is 7.92. The van der Waals surface area contributed by atoms with Crippen LogP contribution in [0.3, 0.4) is 0 Å². The Balaban J connectivity index is 1.71. The second-order valence-electron chi connectivity index (χ2n) is 6.64. The molecular weight excluding hydrogens is 435 g/mol. The first kappa shape index (κ1) is 23.0. The molecule has 0 saturated heterocycles. The molecule has 32 heavy (non-hydrogen) atoms. The summed E-state index contributed by atoms with van der Waals surface area (Å²) in [6, 6.07) is 19.5. The number of esters is 1. The number of halogens is 1. The predicted octanol–water partition coefficient (Wildman–Crippen LogP) is 3.84. The molecule has 0 atom stereocenters. The average Bonchev–Trinajstić information content (AvgIpc) is 2.80. The van der Waals surface area contributed by atoms with Crippen LogP contribution < -0.4 is 9.62 Å². The maximum Gasteiger partial charge on any atom is 0.338 e. The largest absolute Gasteiger partial charge is 0.452 e. The second kappa shape index (κ2) is 10.1. The molecule has 3 aromatic carbocycles. The lowest BCUT2D eigenvalue weighted by Gasteiger charge is -2.23. The third kappa shape index (κ3) is 5.30. The number of anilines is 2. The first-order valence-corrected chi connectivity index (χ1v) is 11.2. The van der Waals surface area contributed by atoms with Crippen molar-refractivity contribution >= 4 is 33.3 Å². The Morgan fingerprint density at radius 1 is 0.969 bits per heavy atom. The van der Waals surface area contributed by atoms with Gasteiger partial charge >= 0.3 is 5.97 Å². The maximum atomic E-state index is 13.6. The molecule has 0 radical (unpaired) electrons. The smallest absolute Gasteiger partial charge is 0.338 e. The van der Waals surface area contributed by atoms with E-state index in [0.717, 1.165) is 0 Å². The van der Waals surface area contributed by atoms with Gasteiger partial charge in [-0.3, -0.25) is 9.10 Å². The van der Waals surface area contributed by atoms with E-state index in [4.69, 9.17) is 4.74 Å². The number of nitrogens with zero attached hydrogens (tertiary/aromatic N) is 1. The summed E-state index contributed by atoms with van der Waals surface area (Å²) in [4.78, 5) is 24.2. The van der Waals surface area contributed by atoms with Crippen LogP contribution in [0.4, 0.5) is 15.8 Å². The summed E-state index contributed by atoms with van der Waals surface area (Å²) in [6.07, 6.45) is 0. The Kier molecular flexibility index (Phi) is 7.21. The van der Waals surface area contributed by atoms with Gasteiger partial charge in [0, 0.05) is 6.54 Å². The number of ether oxygens (including phenoxy) is 1. The number of hydrogen-bond acceptors (Lipinski definition) is 5. The van der Waals surface area contributed by atoms with Crippen LogP contribution in [0.2, 0.25) is 0 Å². The van der Waals surface area contributed by atoms with Crippen LogP contribution in [-0.2, 0) is 19.6 Å². The quantitative estimate of drug-likeness (QED) is 0.520. The molecule has 3 rings (SSSR count). The van der Waals surface area contributed by atoms with Gasteiger partial charge in [0.05, 0.1) is 21.8 Å². The first-order chi connectivity index (χ1) is 15.3.